The fraction of sp³-hybridized carbons (Fsp3) is 0.151. The molecule has 1 aliphatic heterocycles. The van der Waals surface area contributed by atoms with E-state index in [0.29, 0.717) is 30.5 Å². The molecule has 0 bridgehead atoms. The van der Waals surface area contributed by atoms with Gasteiger partial charge in [-0.1, -0.05) is 72.4 Å². The number of benzene rings is 6. The lowest BCUT2D eigenvalue weighted by Crippen LogP contribution is -2.31. The van der Waals surface area contributed by atoms with Crippen LogP contribution in [-0.2, 0) is 29.2 Å². The Morgan fingerprint density at radius 2 is 1.26 bits per heavy atom. The Labute approximate surface area is 388 Å². The molecule has 0 unspecified atom stereocenters. The van der Waals surface area contributed by atoms with Crippen molar-refractivity contribution in [3.63, 3.8) is 0 Å². The molecule has 7 rings (SSSR count). The standard InChI is InChI=1S/C53H40F4N4O7/c1-2-25-67-42-27-40(53(66)68-50-48(56)43(54)29-44(55)49(50)57)26-41(28-42)60-52(65)38-21-17-34(18-22-38)31-59-51(64)37-19-15-33(16-20-37)30-58-46(62)13-7-8-14-47(63)61-32-39-11-4-3-9-35(39)23-24-36-10-5-6-12-45(36)61/h1,3-6,9-12,15-22,26-29H,7-8,13-14,25,30-32H2,(H,58,62)(H,59,64)(H,60,65). The molecule has 4 amide bonds. The number of anilines is 2. The smallest absolute Gasteiger partial charge is 0.343 e. The summed E-state index contributed by atoms with van der Waals surface area (Å²) in [5, 5.41) is 8.27. The third-order valence-electron chi connectivity index (χ3n) is 10.6. The lowest BCUT2D eigenvalue weighted by molar-refractivity contribution is -0.122. The number of hydrogen-bond donors (Lipinski definition) is 3. The number of nitrogens with one attached hydrogen (secondary N) is 3. The summed E-state index contributed by atoms with van der Waals surface area (Å²) in [5.74, 6) is -3.03. The maximum absolute atomic E-state index is 14.2. The molecular formula is C53H40F4N4O7. The van der Waals surface area contributed by atoms with Crippen LogP contribution in [0.2, 0.25) is 0 Å². The molecule has 0 spiro atoms. The minimum absolute atomic E-state index is 0.0256. The number of para-hydroxylation sites is 1. The maximum Gasteiger partial charge on any atom is 0.343 e. The Balaban J connectivity index is 0.851. The van der Waals surface area contributed by atoms with Gasteiger partial charge in [0.05, 0.1) is 17.8 Å². The quantitative estimate of drug-likeness (QED) is 0.0220. The summed E-state index contributed by atoms with van der Waals surface area (Å²) in [7, 11) is 0. The molecule has 0 saturated carbocycles. The molecule has 1 heterocycles. The summed E-state index contributed by atoms with van der Waals surface area (Å²) in [4.78, 5) is 66.9. The first-order chi connectivity index (χ1) is 32.9. The predicted molar refractivity (Wildman–Crippen MR) is 244 cm³/mol. The van der Waals surface area contributed by atoms with Crippen molar-refractivity contribution >= 4 is 41.0 Å². The van der Waals surface area contributed by atoms with Crippen LogP contribution >= 0.6 is 0 Å². The van der Waals surface area contributed by atoms with Gasteiger partial charge in [0, 0.05) is 66.0 Å². The topological polar surface area (TPSA) is 143 Å². The normalized spacial score (nSPS) is 11.2. The summed E-state index contributed by atoms with van der Waals surface area (Å²) in [6, 6.07) is 31.8. The first kappa shape index (κ1) is 47.3. The van der Waals surface area contributed by atoms with Gasteiger partial charge in [-0.25, -0.2) is 13.6 Å². The summed E-state index contributed by atoms with van der Waals surface area (Å²) in [6.45, 7) is 0.523. The van der Waals surface area contributed by atoms with Crippen molar-refractivity contribution in [1.29, 1.82) is 0 Å². The number of ether oxygens (including phenoxy) is 2. The Morgan fingerprint density at radius 3 is 1.96 bits per heavy atom. The minimum Gasteiger partial charge on any atom is -0.481 e. The fourth-order valence-electron chi connectivity index (χ4n) is 7.02. The van der Waals surface area contributed by atoms with E-state index in [9.17, 15) is 41.5 Å². The van der Waals surface area contributed by atoms with Crippen LogP contribution in [-0.4, -0.2) is 36.2 Å². The second kappa shape index (κ2) is 22.0. The van der Waals surface area contributed by atoms with Crippen molar-refractivity contribution in [1.82, 2.24) is 10.6 Å². The highest BCUT2D eigenvalue weighted by Gasteiger charge is 2.25. The van der Waals surface area contributed by atoms with Gasteiger partial charge in [0.1, 0.15) is 12.4 Å². The number of amides is 4. The summed E-state index contributed by atoms with van der Waals surface area (Å²) in [6.07, 6.45) is 6.85. The van der Waals surface area contributed by atoms with E-state index in [4.69, 9.17) is 11.2 Å². The highest BCUT2D eigenvalue weighted by atomic mass is 19.2. The van der Waals surface area contributed by atoms with E-state index in [2.05, 4.69) is 38.4 Å². The monoisotopic (exact) mass is 920 g/mol. The number of fused-ring (bicyclic) bond motifs is 2. The van der Waals surface area contributed by atoms with Gasteiger partial charge in [-0.3, -0.25) is 19.2 Å². The maximum atomic E-state index is 14.2. The third kappa shape index (κ3) is 12.0. The molecule has 0 atom stereocenters. The van der Waals surface area contributed by atoms with Gasteiger partial charge >= 0.3 is 5.97 Å². The molecule has 0 radical (unpaired) electrons. The van der Waals surface area contributed by atoms with Gasteiger partial charge in [0.25, 0.3) is 11.8 Å². The highest BCUT2D eigenvalue weighted by Crippen LogP contribution is 2.30. The van der Waals surface area contributed by atoms with Crippen molar-refractivity contribution in [2.45, 2.75) is 45.3 Å². The molecular weight excluding hydrogens is 881 g/mol. The van der Waals surface area contributed by atoms with E-state index in [1.807, 2.05) is 48.5 Å². The number of unbranched alkanes of at least 4 members (excludes halogenated alkanes) is 1. The van der Waals surface area contributed by atoms with Crippen LogP contribution in [0.4, 0.5) is 28.9 Å². The zero-order valence-corrected chi connectivity index (χ0v) is 36.1. The second-order valence-electron chi connectivity index (χ2n) is 15.3. The number of nitrogens with zero attached hydrogens (tertiary/aromatic N) is 1. The van der Waals surface area contributed by atoms with E-state index < -0.39 is 46.5 Å². The van der Waals surface area contributed by atoms with Crippen molar-refractivity contribution in [3.05, 3.63) is 189 Å². The van der Waals surface area contributed by atoms with Crippen LogP contribution in [0, 0.1) is 47.5 Å². The van der Waals surface area contributed by atoms with Crippen molar-refractivity contribution in [2.75, 3.05) is 16.8 Å². The van der Waals surface area contributed by atoms with Crippen molar-refractivity contribution in [3.8, 4) is 35.7 Å². The van der Waals surface area contributed by atoms with Gasteiger partial charge in [-0.05, 0) is 84.1 Å². The fourth-order valence-corrected chi connectivity index (χ4v) is 7.02. The Hall–Kier alpha value is -8.69. The molecule has 15 heteroatoms. The van der Waals surface area contributed by atoms with Gasteiger partial charge in [-0.15, -0.1) is 6.42 Å². The SMILES string of the molecule is C#CCOc1cc(NC(=O)c2ccc(CNC(=O)c3ccc(CNC(=O)CCCCC(=O)N4Cc5ccccc5C#Cc5ccccc54)cc3)cc2)cc(C(=O)Oc2c(F)c(F)cc(F)c2F)c1. The van der Waals surface area contributed by atoms with Gasteiger partial charge in [0.2, 0.25) is 29.2 Å². The van der Waals surface area contributed by atoms with Crippen LogP contribution in [0.25, 0.3) is 0 Å². The van der Waals surface area contributed by atoms with Crippen LogP contribution in [0.3, 0.4) is 0 Å². The molecule has 11 nitrogen and oxygen atoms in total. The molecule has 6 aromatic carbocycles. The lowest BCUT2D eigenvalue weighted by atomic mass is 10.0. The van der Waals surface area contributed by atoms with E-state index in [0.717, 1.165) is 40.1 Å². The van der Waals surface area contributed by atoms with Gasteiger partial charge in [0.15, 0.2) is 11.6 Å². The van der Waals surface area contributed by atoms with Gasteiger partial charge in [-0.2, -0.15) is 8.78 Å². The number of esters is 1. The number of rotatable bonds is 16. The number of carbonyl (C=O) groups is 5. The van der Waals surface area contributed by atoms with Crippen molar-refractivity contribution in [2.24, 2.45) is 0 Å². The number of terminal acetylenes is 1. The average molecular weight is 921 g/mol. The van der Waals surface area contributed by atoms with Gasteiger partial charge < -0.3 is 30.3 Å². The van der Waals surface area contributed by atoms with E-state index >= 15 is 0 Å². The zero-order valence-electron chi connectivity index (χ0n) is 36.1. The average Bonchev–Trinajstić information content (AvgIpc) is 3.34. The Morgan fingerprint density at radius 1 is 0.662 bits per heavy atom. The molecule has 1 aliphatic rings. The number of carbonyl (C=O) groups excluding carboxylic acids is 5. The molecule has 0 aliphatic carbocycles. The molecule has 3 N–H and O–H groups in total. The Kier molecular flexibility index (Phi) is 15.3. The van der Waals surface area contributed by atoms with Crippen LogP contribution in [0.5, 0.6) is 11.5 Å². The zero-order chi connectivity index (χ0) is 48.2. The Bertz CT molecular complexity index is 2990. The highest BCUT2D eigenvalue weighted by molar-refractivity contribution is 6.05. The largest absolute Gasteiger partial charge is 0.481 e. The van der Waals surface area contributed by atoms with Crippen LogP contribution in [0.1, 0.15) is 84.6 Å². The summed E-state index contributed by atoms with van der Waals surface area (Å²) < 4.78 is 65.8. The number of hydrogen-bond acceptors (Lipinski definition) is 7. The summed E-state index contributed by atoms with van der Waals surface area (Å²) >= 11 is 0. The molecule has 68 heavy (non-hydrogen) atoms. The van der Waals surface area contributed by atoms with E-state index in [1.165, 1.54) is 18.2 Å². The predicted octanol–water partition coefficient (Wildman–Crippen LogP) is 8.78. The number of halogens is 4. The molecule has 342 valence electrons. The molecule has 6 aromatic rings. The van der Waals surface area contributed by atoms with Crippen molar-refractivity contribution < 1.29 is 51.0 Å². The van der Waals surface area contributed by atoms with Crippen LogP contribution in [0.15, 0.2) is 121 Å². The first-order valence-corrected chi connectivity index (χ1v) is 21.2. The third-order valence-corrected chi connectivity index (χ3v) is 10.6. The molecule has 0 fully saturated rings. The van der Waals surface area contributed by atoms with Crippen LogP contribution < -0.4 is 30.3 Å². The molecule has 0 saturated heterocycles. The molecule has 0 aromatic heterocycles. The minimum atomic E-state index is -1.92. The second-order valence-corrected chi connectivity index (χ2v) is 15.3. The van der Waals surface area contributed by atoms with E-state index in [1.54, 1.807) is 41.3 Å². The van der Waals surface area contributed by atoms with E-state index in [-0.39, 0.29) is 73.3 Å². The lowest BCUT2D eigenvalue weighted by Gasteiger charge is -2.26. The first-order valence-electron chi connectivity index (χ1n) is 21.2. The summed E-state index contributed by atoms with van der Waals surface area (Å²) in [5.41, 5.74) is 4.97.